The molecule has 0 aliphatic rings. The van der Waals surface area contributed by atoms with Crippen molar-refractivity contribution < 1.29 is 9.90 Å². The maximum Gasteiger partial charge on any atom is 0.307 e. The summed E-state index contributed by atoms with van der Waals surface area (Å²) >= 11 is 5.50. The number of halogens is 1. The number of aliphatic carboxylic acids is 1. The topological polar surface area (TPSA) is 53.1 Å². The Morgan fingerprint density at radius 1 is 1.80 bits per heavy atom. The molecule has 0 unspecified atom stereocenters. The first-order valence-corrected chi connectivity index (χ1v) is 3.11. The number of carboxylic acid groups (broad SMARTS) is 1. The Morgan fingerprint density at radius 2 is 2.50 bits per heavy atom. The summed E-state index contributed by atoms with van der Waals surface area (Å²) in [7, 11) is 0. The van der Waals surface area contributed by atoms with E-state index in [0.717, 1.165) is 0 Å². The minimum absolute atomic E-state index is 0.0171. The van der Waals surface area contributed by atoms with Gasteiger partial charge in [0.05, 0.1) is 6.42 Å². The molecule has 1 rings (SSSR count). The van der Waals surface area contributed by atoms with E-state index in [1.54, 1.807) is 12.3 Å². The van der Waals surface area contributed by atoms with E-state index in [4.69, 9.17) is 16.7 Å². The van der Waals surface area contributed by atoms with Crippen LogP contribution in [0, 0.1) is 0 Å². The van der Waals surface area contributed by atoms with E-state index in [1.807, 2.05) is 0 Å². The first-order chi connectivity index (χ1) is 4.68. The van der Waals surface area contributed by atoms with Crippen molar-refractivity contribution >= 4 is 17.6 Å². The molecule has 10 heavy (non-hydrogen) atoms. The third-order valence-corrected chi connectivity index (χ3v) is 1.28. The van der Waals surface area contributed by atoms with Crippen LogP contribution in [0.3, 0.4) is 0 Å². The summed E-state index contributed by atoms with van der Waals surface area (Å²) in [6.07, 6.45) is 1.60. The second kappa shape index (κ2) is 2.75. The highest BCUT2D eigenvalue weighted by Gasteiger charge is 2.01. The third kappa shape index (κ3) is 1.77. The number of aromatic amines is 1. The summed E-state index contributed by atoms with van der Waals surface area (Å²) < 4.78 is 0. The highest BCUT2D eigenvalue weighted by atomic mass is 35.5. The number of aromatic nitrogens is 1. The molecule has 0 saturated heterocycles. The monoisotopic (exact) mass is 159 g/mol. The molecule has 0 aliphatic carbocycles. The largest absolute Gasteiger partial charge is 0.481 e. The average molecular weight is 160 g/mol. The number of nitrogens with one attached hydrogen (secondary N) is 1. The van der Waals surface area contributed by atoms with Crippen molar-refractivity contribution in [1.82, 2.24) is 4.98 Å². The molecule has 3 nitrogen and oxygen atoms in total. The molecule has 0 radical (unpaired) electrons. The van der Waals surface area contributed by atoms with Crippen LogP contribution in [-0.2, 0) is 11.2 Å². The maximum absolute atomic E-state index is 10.1. The van der Waals surface area contributed by atoms with E-state index in [1.165, 1.54) is 0 Å². The summed E-state index contributed by atoms with van der Waals surface area (Å²) in [5.41, 5.74) is 0.692. The number of H-pyrrole nitrogens is 1. The van der Waals surface area contributed by atoms with E-state index in [9.17, 15) is 4.79 Å². The van der Waals surface area contributed by atoms with Gasteiger partial charge in [0.25, 0.3) is 0 Å². The molecule has 0 aliphatic heterocycles. The first-order valence-electron chi connectivity index (χ1n) is 2.73. The van der Waals surface area contributed by atoms with Crippen LogP contribution in [0.15, 0.2) is 12.3 Å². The number of hydrogen-bond acceptors (Lipinski definition) is 1. The van der Waals surface area contributed by atoms with Crippen LogP contribution >= 0.6 is 11.6 Å². The van der Waals surface area contributed by atoms with Crippen molar-refractivity contribution in [3.8, 4) is 0 Å². The van der Waals surface area contributed by atoms with Gasteiger partial charge in [-0.1, -0.05) is 11.6 Å². The van der Waals surface area contributed by atoms with Gasteiger partial charge in [-0.25, -0.2) is 0 Å². The lowest BCUT2D eigenvalue weighted by Crippen LogP contribution is -1.97. The van der Waals surface area contributed by atoms with Gasteiger partial charge < -0.3 is 10.1 Å². The molecule has 0 fully saturated rings. The number of carbonyl (C=O) groups is 1. The Balaban J connectivity index is 2.67. The molecule has 0 bridgehead atoms. The fourth-order valence-electron chi connectivity index (χ4n) is 0.684. The second-order valence-electron chi connectivity index (χ2n) is 1.93. The van der Waals surface area contributed by atoms with Crippen molar-refractivity contribution in [2.75, 3.05) is 0 Å². The van der Waals surface area contributed by atoms with Crippen molar-refractivity contribution in [2.24, 2.45) is 0 Å². The van der Waals surface area contributed by atoms with Crippen molar-refractivity contribution in [1.29, 1.82) is 0 Å². The summed E-state index contributed by atoms with van der Waals surface area (Å²) in [4.78, 5) is 12.8. The van der Waals surface area contributed by atoms with Crippen LogP contribution in [-0.4, -0.2) is 16.1 Å². The van der Waals surface area contributed by atoms with Gasteiger partial charge in [0, 0.05) is 6.20 Å². The molecule has 1 aromatic rings. The average Bonchev–Trinajstić information content (AvgIpc) is 2.13. The van der Waals surface area contributed by atoms with Crippen molar-refractivity contribution in [3.63, 3.8) is 0 Å². The summed E-state index contributed by atoms with van der Waals surface area (Å²) in [6, 6.07) is 1.59. The Morgan fingerprint density at radius 3 is 2.90 bits per heavy atom. The van der Waals surface area contributed by atoms with Crippen LogP contribution in [0.4, 0.5) is 0 Å². The van der Waals surface area contributed by atoms with E-state index in [2.05, 4.69) is 4.98 Å². The molecular weight excluding hydrogens is 154 g/mol. The van der Waals surface area contributed by atoms with Crippen molar-refractivity contribution in [2.45, 2.75) is 6.42 Å². The highest BCUT2D eigenvalue weighted by Crippen LogP contribution is 2.08. The Labute approximate surface area is 62.6 Å². The molecule has 0 amide bonds. The summed E-state index contributed by atoms with van der Waals surface area (Å²) in [5, 5.41) is 8.79. The van der Waals surface area contributed by atoms with Gasteiger partial charge in [-0.2, -0.15) is 0 Å². The lowest BCUT2D eigenvalue weighted by atomic mass is 10.2. The smallest absolute Gasteiger partial charge is 0.307 e. The number of rotatable bonds is 2. The molecule has 4 heteroatoms. The molecule has 0 saturated carbocycles. The number of hydrogen-bond donors (Lipinski definition) is 2. The van der Waals surface area contributed by atoms with Crippen LogP contribution in [0.2, 0.25) is 5.15 Å². The van der Waals surface area contributed by atoms with Crippen LogP contribution in [0.1, 0.15) is 5.56 Å². The zero-order valence-electron chi connectivity index (χ0n) is 5.10. The fraction of sp³-hybridized carbons (Fsp3) is 0.167. The van der Waals surface area contributed by atoms with E-state index in [0.29, 0.717) is 10.7 Å². The van der Waals surface area contributed by atoms with Gasteiger partial charge in [-0.15, -0.1) is 0 Å². The number of carboxylic acids is 1. The Hall–Kier alpha value is -0.960. The molecule has 1 heterocycles. The first kappa shape index (κ1) is 7.15. The second-order valence-corrected chi connectivity index (χ2v) is 2.33. The van der Waals surface area contributed by atoms with E-state index in [-0.39, 0.29) is 6.42 Å². The third-order valence-electron chi connectivity index (χ3n) is 1.06. The zero-order valence-corrected chi connectivity index (χ0v) is 5.85. The minimum Gasteiger partial charge on any atom is -0.481 e. The van der Waals surface area contributed by atoms with Crippen LogP contribution < -0.4 is 0 Å². The molecule has 0 atom stereocenters. The van der Waals surface area contributed by atoms with Gasteiger partial charge in [-0.3, -0.25) is 4.79 Å². The predicted molar refractivity (Wildman–Crippen MR) is 37.1 cm³/mol. The zero-order chi connectivity index (χ0) is 7.56. The Bertz CT molecular complexity index is 244. The molecule has 54 valence electrons. The van der Waals surface area contributed by atoms with Crippen LogP contribution in [0.5, 0.6) is 0 Å². The lowest BCUT2D eigenvalue weighted by Gasteiger charge is -1.85. The van der Waals surface area contributed by atoms with Gasteiger partial charge in [0.1, 0.15) is 5.15 Å². The Kier molecular flexibility index (Phi) is 1.97. The van der Waals surface area contributed by atoms with E-state index < -0.39 is 5.97 Å². The standard InChI is InChI=1S/C6H6ClNO2/c7-5-1-4(3-8-5)2-6(9)10/h1,3,8H,2H2,(H,9,10). The van der Waals surface area contributed by atoms with Crippen LogP contribution in [0.25, 0.3) is 0 Å². The normalized spacial score (nSPS) is 9.70. The fourth-order valence-corrected chi connectivity index (χ4v) is 0.879. The SMILES string of the molecule is O=C(O)Cc1c[nH]c(Cl)c1. The van der Waals surface area contributed by atoms with Gasteiger partial charge in [0.15, 0.2) is 0 Å². The molecular formula is C6H6ClNO2. The van der Waals surface area contributed by atoms with E-state index >= 15 is 0 Å². The lowest BCUT2D eigenvalue weighted by molar-refractivity contribution is -0.136. The highest BCUT2D eigenvalue weighted by molar-refractivity contribution is 6.29. The predicted octanol–water partition coefficient (Wildman–Crippen LogP) is 1.30. The quantitative estimate of drug-likeness (QED) is 0.684. The minimum atomic E-state index is -0.851. The summed E-state index contributed by atoms with van der Waals surface area (Å²) in [5.74, 6) is -0.851. The molecule has 0 aromatic carbocycles. The van der Waals surface area contributed by atoms with Crippen molar-refractivity contribution in [3.05, 3.63) is 23.0 Å². The molecule has 2 N–H and O–H groups in total. The summed E-state index contributed by atoms with van der Waals surface area (Å²) in [6.45, 7) is 0. The van der Waals surface area contributed by atoms with Gasteiger partial charge in [-0.05, 0) is 11.6 Å². The molecule has 1 aromatic heterocycles. The molecule has 0 spiro atoms. The van der Waals surface area contributed by atoms with Gasteiger partial charge >= 0.3 is 5.97 Å². The maximum atomic E-state index is 10.1. The van der Waals surface area contributed by atoms with Gasteiger partial charge in [0.2, 0.25) is 0 Å².